The summed E-state index contributed by atoms with van der Waals surface area (Å²) in [6.07, 6.45) is 0.910. The summed E-state index contributed by atoms with van der Waals surface area (Å²) >= 11 is 1.82. The van der Waals surface area contributed by atoms with Crippen molar-refractivity contribution in [3.8, 4) is 0 Å². The first-order valence-electron chi connectivity index (χ1n) is 7.61. The number of aryl methyl sites for hydroxylation is 1. The van der Waals surface area contributed by atoms with E-state index in [4.69, 9.17) is 0 Å². The lowest BCUT2D eigenvalue weighted by Crippen LogP contribution is -2.34. The molecule has 0 radical (unpaired) electrons. The van der Waals surface area contributed by atoms with Crippen LogP contribution in [0.1, 0.15) is 23.4 Å². The van der Waals surface area contributed by atoms with Crippen molar-refractivity contribution in [2.45, 2.75) is 18.7 Å². The number of carbonyl (C=O) groups is 1. The summed E-state index contributed by atoms with van der Waals surface area (Å²) < 4.78 is 0. The average molecular weight is 312 g/mol. The summed E-state index contributed by atoms with van der Waals surface area (Å²) in [5, 5.41) is 3.18. The van der Waals surface area contributed by atoms with E-state index in [2.05, 4.69) is 30.4 Å². The molecular weight excluding hydrogens is 292 g/mol. The van der Waals surface area contributed by atoms with E-state index in [1.165, 1.54) is 11.1 Å². The maximum Gasteiger partial charge on any atom is 0.323 e. The Bertz CT molecular complexity index is 645. The van der Waals surface area contributed by atoms with Crippen LogP contribution in [0.25, 0.3) is 0 Å². The Morgan fingerprint density at radius 3 is 2.68 bits per heavy atom. The third kappa shape index (κ3) is 3.12. The molecular formula is C18H20N2OS. The van der Waals surface area contributed by atoms with Gasteiger partial charge < -0.3 is 10.2 Å². The van der Waals surface area contributed by atoms with Gasteiger partial charge >= 0.3 is 6.03 Å². The highest BCUT2D eigenvalue weighted by molar-refractivity contribution is 7.99. The first kappa shape index (κ1) is 15.0. The summed E-state index contributed by atoms with van der Waals surface area (Å²) in [4.78, 5) is 14.6. The number of urea groups is 1. The van der Waals surface area contributed by atoms with Crippen molar-refractivity contribution in [2.75, 3.05) is 17.6 Å². The van der Waals surface area contributed by atoms with E-state index in [-0.39, 0.29) is 11.4 Å². The molecule has 3 nitrogen and oxygen atoms in total. The molecule has 114 valence electrons. The van der Waals surface area contributed by atoms with Crippen LogP contribution in [0.5, 0.6) is 0 Å². The lowest BCUT2D eigenvalue weighted by Gasteiger charge is -2.25. The molecule has 1 N–H and O–H groups in total. The van der Waals surface area contributed by atoms with Crippen molar-refractivity contribution in [3.63, 3.8) is 0 Å². The van der Waals surface area contributed by atoms with Gasteiger partial charge in [0, 0.05) is 18.0 Å². The highest BCUT2D eigenvalue weighted by Gasteiger charge is 2.30. The zero-order chi connectivity index (χ0) is 15.4. The second-order valence-corrected chi connectivity index (χ2v) is 6.46. The molecule has 22 heavy (non-hydrogen) atoms. The molecule has 1 saturated heterocycles. The minimum Gasteiger partial charge on any atom is -0.308 e. The van der Waals surface area contributed by atoms with E-state index in [1.54, 1.807) is 0 Å². The van der Waals surface area contributed by atoms with Crippen LogP contribution >= 0.6 is 11.8 Å². The van der Waals surface area contributed by atoms with E-state index in [9.17, 15) is 4.79 Å². The van der Waals surface area contributed by atoms with Gasteiger partial charge in [-0.1, -0.05) is 55.5 Å². The average Bonchev–Trinajstić information content (AvgIpc) is 3.06. The number of hydrogen-bond donors (Lipinski definition) is 1. The minimum atomic E-state index is -0.0141. The SMILES string of the molecule is CCc1ccccc1NC(=O)N1CCSC1c1ccccc1. The maximum atomic E-state index is 12.7. The molecule has 1 aliphatic heterocycles. The molecule has 4 heteroatoms. The fraction of sp³-hybridized carbons (Fsp3) is 0.278. The van der Waals surface area contributed by atoms with Crippen molar-refractivity contribution < 1.29 is 4.79 Å². The number of nitrogens with zero attached hydrogens (tertiary/aromatic N) is 1. The van der Waals surface area contributed by atoms with Crippen LogP contribution in [0.4, 0.5) is 10.5 Å². The van der Waals surface area contributed by atoms with Crippen molar-refractivity contribution >= 4 is 23.5 Å². The summed E-state index contributed by atoms with van der Waals surface area (Å²) in [5.41, 5.74) is 3.27. The number of nitrogens with one attached hydrogen (secondary N) is 1. The van der Waals surface area contributed by atoms with Gasteiger partial charge in [-0.3, -0.25) is 0 Å². The van der Waals surface area contributed by atoms with Crippen molar-refractivity contribution in [2.24, 2.45) is 0 Å². The summed E-state index contributed by atoms with van der Waals surface area (Å²) in [5.74, 6) is 0.975. The largest absolute Gasteiger partial charge is 0.323 e. The van der Waals surface area contributed by atoms with E-state index >= 15 is 0 Å². The van der Waals surface area contributed by atoms with Gasteiger partial charge in [-0.15, -0.1) is 11.8 Å². The number of amides is 2. The monoisotopic (exact) mass is 312 g/mol. The van der Waals surface area contributed by atoms with Gasteiger partial charge in [0.15, 0.2) is 0 Å². The number of anilines is 1. The third-order valence-electron chi connectivity index (χ3n) is 3.88. The van der Waals surface area contributed by atoms with Crippen LogP contribution in [-0.4, -0.2) is 23.2 Å². The summed E-state index contributed by atoms with van der Waals surface area (Å²) in [6, 6.07) is 18.2. The second kappa shape index (κ2) is 6.88. The van der Waals surface area contributed by atoms with Crippen LogP contribution in [0.2, 0.25) is 0 Å². The second-order valence-electron chi connectivity index (χ2n) is 5.27. The van der Waals surface area contributed by atoms with Crippen LogP contribution in [0.3, 0.4) is 0 Å². The Morgan fingerprint density at radius 2 is 1.91 bits per heavy atom. The first-order valence-corrected chi connectivity index (χ1v) is 8.66. The molecule has 0 spiro atoms. The summed E-state index contributed by atoms with van der Waals surface area (Å²) in [7, 11) is 0. The Morgan fingerprint density at radius 1 is 1.18 bits per heavy atom. The van der Waals surface area contributed by atoms with Crippen molar-refractivity contribution in [1.29, 1.82) is 0 Å². The quantitative estimate of drug-likeness (QED) is 0.903. The molecule has 3 rings (SSSR count). The van der Waals surface area contributed by atoms with Gasteiger partial charge in [-0.2, -0.15) is 0 Å². The first-order chi connectivity index (χ1) is 10.8. The Kier molecular flexibility index (Phi) is 4.68. The normalized spacial score (nSPS) is 17.5. The number of carbonyl (C=O) groups excluding carboxylic acids is 1. The van der Waals surface area contributed by atoms with Crippen LogP contribution in [0.15, 0.2) is 54.6 Å². The topological polar surface area (TPSA) is 32.3 Å². The maximum absolute atomic E-state index is 12.7. The molecule has 1 unspecified atom stereocenters. The van der Waals surface area contributed by atoms with Gasteiger partial charge in [-0.05, 0) is 23.6 Å². The van der Waals surface area contributed by atoms with E-state index in [0.29, 0.717) is 0 Å². The van der Waals surface area contributed by atoms with Gasteiger partial charge in [0.1, 0.15) is 5.37 Å². The van der Waals surface area contributed by atoms with Crippen LogP contribution in [-0.2, 0) is 6.42 Å². The smallest absolute Gasteiger partial charge is 0.308 e. The molecule has 2 amide bonds. The Hall–Kier alpha value is -1.94. The van der Waals surface area contributed by atoms with E-state index in [0.717, 1.165) is 24.4 Å². The molecule has 1 fully saturated rings. The number of thioether (sulfide) groups is 1. The molecule has 0 saturated carbocycles. The molecule has 0 aromatic heterocycles. The predicted octanol–water partition coefficient (Wildman–Crippen LogP) is 4.53. The number of para-hydroxylation sites is 1. The van der Waals surface area contributed by atoms with Gasteiger partial charge in [0.25, 0.3) is 0 Å². The molecule has 0 bridgehead atoms. The molecule has 1 atom stereocenters. The zero-order valence-corrected chi connectivity index (χ0v) is 13.5. The predicted molar refractivity (Wildman–Crippen MR) is 93.2 cm³/mol. The third-order valence-corrected chi connectivity index (χ3v) is 5.14. The van der Waals surface area contributed by atoms with Gasteiger partial charge in [0.2, 0.25) is 0 Å². The molecule has 2 aromatic rings. The highest BCUT2D eigenvalue weighted by atomic mass is 32.2. The molecule has 2 aromatic carbocycles. The van der Waals surface area contributed by atoms with Crippen LogP contribution in [0, 0.1) is 0 Å². The molecule has 1 aliphatic rings. The van der Waals surface area contributed by atoms with E-state index < -0.39 is 0 Å². The minimum absolute atomic E-state index is 0.0141. The van der Waals surface area contributed by atoms with Crippen LogP contribution < -0.4 is 5.32 Å². The van der Waals surface area contributed by atoms with Crippen molar-refractivity contribution in [1.82, 2.24) is 4.90 Å². The van der Waals surface area contributed by atoms with Gasteiger partial charge in [0.05, 0.1) is 0 Å². The fourth-order valence-electron chi connectivity index (χ4n) is 2.71. The number of hydrogen-bond acceptors (Lipinski definition) is 2. The lowest BCUT2D eigenvalue weighted by atomic mass is 10.1. The zero-order valence-electron chi connectivity index (χ0n) is 12.7. The van der Waals surface area contributed by atoms with Crippen molar-refractivity contribution in [3.05, 3.63) is 65.7 Å². The standard InChI is InChI=1S/C18H20N2OS/c1-2-14-8-6-7-11-16(14)19-18(21)20-12-13-22-17(20)15-9-4-3-5-10-15/h3-11,17H,2,12-13H2,1H3,(H,19,21). The van der Waals surface area contributed by atoms with Gasteiger partial charge in [-0.25, -0.2) is 4.79 Å². The molecule has 0 aliphatic carbocycles. The summed E-state index contributed by atoms with van der Waals surface area (Å²) in [6.45, 7) is 2.88. The lowest BCUT2D eigenvalue weighted by molar-refractivity contribution is 0.214. The van der Waals surface area contributed by atoms with E-state index in [1.807, 2.05) is 53.1 Å². The molecule has 1 heterocycles. The number of rotatable bonds is 3. The Labute approximate surface area is 135 Å². The Balaban J connectivity index is 1.77. The number of benzene rings is 2. The highest BCUT2D eigenvalue weighted by Crippen LogP contribution is 2.38. The fourth-order valence-corrected chi connectivity index (χ4v) is 3.97.